The normalized spacial score (nSPS) is 12.2. The Labute approximate surface area is 344 Å². The van der Waals surface area contributed by atoms with Crippen LogP contribution in [0.15, 0.2) is 133 Å². The lowest BCUT2D eigenvalue weighted by Gasteiger charge is -2.13. The van der Waals surface area contributed by atoms with Crippen molar-refractivity contribution in [2.24, 2.45) is 0 Å². The van der Waals surface area contributed by atoms with Crippen molar-refractivity contribution in [2.45, 2.75) is 6.61 Å². The summed E-state index contributed by atoms with van der Waals surface area (Å²) in [6.07, 6.45) is 0. The van der Waals surface area contributed by atoms with Crippen molar-refractivity contribution in [2.75, 3.05) is 0 Å². The van der Waals surface area contributed by atoms with E-state index in [-0.39, 0.29) is 62.6 Å². The number of ether oxygens (including phenoxy) is 6. The maximum Gasteiger partial charge on any atom is 0.346 e. The summed E-state index contributed by atoms with van der Waals surface area (Å²) in [7, 11) is 0. The van der Waals surface area contributed by atoms with Gasteiger partial charge >= 0.3 is 47.8 Å². The molecule has 0 spiro atoms. The summed E-state index contributed by atoms with van der Waals surface area (Å²) in [6, 6.07) is 32.8. The summed E-state index contributed by atoms with van der Waals surface area (Å²) in [4.78, 5) is 101. The molecule has 0 bridgehead atoms. The molecule has 0 N–H and O–H groups in total. The number of carbonyl (C=O) groups excluding carboxylic acids is 8. The van der Waals surface area contributed by atoms with E-state index >= 15 is 0 Å². The Hall–Kier alpha value is -8.96. The van der Waals surface area contributed by atoms with Gasteiger partial charge in [-0.05, 0) is 109 Å². The van der Waals surface area contributed by atoms with Gasteiger partial charge in [0.2, 0.25) is 0 Å². The number of hydrogen-bond acceptors (Lipinski definition) is 14. The Morgan fingerprint density at radius 2 is 0.934 bits per heavy atom. The fourth-order valence-corrected chi connectivity index (χ4v) is 5.97. The molecule has 296 valence electrons. The molecule has 0 saturated carbocycles. The van der Waals surface area contributed by atoms with Crippen LogP contribution in [0.4, 0.5) is 0 Å². The molecule has 0 radical (unpaired) electrons. The number of benzene rings is 6. The van der Waals surface area contributed by atoms with Crippen LogP contribution in [0, 0.1) is 11.8 Å². The zero-order valence-corrected chi connectivity index (χ0v) is 31.1. The van der Waals surface area contributed by atoms with Crippen molar-refractivity contribution < 1.29 is 66.8 Å². The molecule has 0 amide bonds. The van der Waals surface area contributed by atoms with E-state index in [1.165, 1.54) is 54.6 Å². The molecule has 0 atom stereocenters. The largest absolute Gasteiger partial charge is 0.457 e. The van der Waals surface area contributed by atoms with E-state index in [0.717, 1.165) is 35.4 Å². The van der Waals surface area contributed by atoms with Gasteiger partial charge in [-0.1, -0.05) is 42.2 Å². The zero-order chi connectivity index (χ0) is 42.6. The monoisotopic (exact) mass is 812 g/mol. The minimum atomic E-state index is -1.02. The average molecular weight is 813 g/mol. The van der Waals surface area contributed by atoms with Gasteiger partial charge in [0.1, 0.15) is 29.4 Å². The molecular formula is C47H24O14. The lowest BCUT2D eigenvalue weighted by atomic mass is 10.1. The second-order valence-corrected chi connectivity index (χ2v) is 13.1. The van der Waals surface area contributed by atoms with Crippen molar-refractivity contribution in [3.8, 4) is 29.1 Å². The molecule has 8 rings (SSSR count). The van der Waals surface area contributed by atoms with Crippen LogP contribution in [0.25, 0.3) is 0 Å². The Morgan fingerprint density at radius 3 is 1.54 bits per heavy atom. The number of cyclic esters (lactones) is 4. The van der Waals surface area contributed by atoms with Gasteiger partial charge in [-0.15, -0.1) is 0 Å². The molecule has 0 saturated heterocycles. The first-order valence-corrected chi connectivity index (χ1v) is 18.0. The van der Waals surface area contributed by atoms with Gasteiger partial charge < -0.3 is 28.4 Å². The van der Waals surface area contributed by atoms with Crippen molar-refractivity contribution >= 4 is 47.8 Å². The third-order valence-electron chi connectivity index (χ3n) is 9.09. The fraction of sp³-hybridized carbons (Fsp3) is 0.0213. The second-order valence-electron chi connectivity index (χ2n) is 13.1. The molecule has 14 nitrogen and oxygen atoms in total. The third-order valence-corrected chi connectivity index (χ3v) is 9.09. The highest BCUT2D eigenvalue weighted by atomic mass is 16.6. The molecule has 14 heteroatoms. The number of fused-ring (bicyclic) bond motifs is 2. The minimum absolute atomic E-state index is 0.0219. The molecule has 0 aromatic heterocycles. The molecule has 0 aliphatic carbocycles. The van der Waals surface area contributed by atoms with E-state index in [4.69, 9.17) is 18.9 Å². The summed E-state index contributed by atoms with van der Waals surface area (Å²) in [5.74, 6) is -1.38. The smallest absolute Gasteiger partial charge is 0.346 e. The topological polar surface area (TPSA) is 192 Å². The van der Waals surface area contributed by atoms with E-state index in [2.05, 4.69) is 21.3 Å². The summed E-state index contributed by atoms with van der Waals surface area (Å²) in [5, 5.41) is 0. The predicted molar refractivity (Wildman–Crippen MR) is 208 cm³/mol. The van der Waals surface area contributed by atoms with Crippen LogP contribution < -0.4 is 14.2 Å². The molecule has 0 unspecified atom stereocenters. The number of hydrogen-bond donors (Lipinski definition) is 0. The molecule has 6 aromatic rings. The molecule has 2 heterocycles. The molecule has 6 aromatic carbocycles. The van der Waals surface area contributed by atoms with E-state index in [1.807, 2.05) is 30.3 Å². The molecule has 2 aliphatic heterocycles. The lowest BCUT2D eigenvalue weighted by Crippen LogP contribution is -2.15. The van der Waals surface area contributed by atoms with Crippen LogP contribution in [-0.2, 0) is 20.8 Å². The molecule has 0 fully saturated rings. The van der Waals surface area contributed by atoms with Crippen molar-refractivity contribution in [1.29, 1.82) is 0 Å². The molecule has 61 heavy (non-hydrogen) atoms. The average Bonchev–Trinajstić information content (AvgIpc) is 3.73. The van der Waals surface area contributed by atoms with E-state index in [9.17, 15) is 38.4 Å². The number of esters is 8. The van der Waals surface area contributed by atoms with E-state index in [0.29, 0.717) is 11.3 Å². The first-order valence-electron chi connectivity index (χ1n) is 18.0. The zero-order valence-electron chi connectivity index (χ0n) is 31.1. The fourth-order valence-electron chi connectivity index (χ4n) is 5.97. The van der Waals surface area contributed by atoms with Gasteiger partial charge in [-0.3, -0.25) is 0 Å². The highest BCUT2D eigenvalue weighted by molar-refractivity contribution is 6.16. The number of carbonyl (C=O) groups is 8. The van der Waals surface area contributed by atoms with Crippen molar-refractivity contribution in [3.63, 3.8) is 0 Å². The number of rotatable bonds is 9. The Kier molecular flexibility index (Phi) is 10.5. The van der Waals surface area contributed by atoms with Crippen LogP contribution in [0.2, 0.25) is 0 Å². The van der Waals surface area contributed by atoms with Gasteiger partial charge in [0.05, 0.1) is 38.9 Å². The first kappa shape index (κ1) is 38.9. The van der Waals surface area contributed by atoms with Crippen molar-refractivity contribution in [1.82, 2.24) is 0 Å². The van der Waals surface area contributed by atoms with Crippen molar-refractivity contribution in [3.05, 3.63) is 195 Å². The van der Waals surface area contributed by atoms with Gasteiger partial charge in [-0.25, -0.2) is 38.4 Å². The Morgan fingerprint density at radius 1 is 0.443 bits per heavy atom. The molecular weight excluding hydrogens is 789 g/mol. The summed E-state index contributed by atoms with van der Waals surface area (Å²) >= 11 is 0. The van der Waals surface area contributed by atoms with Crippen LogP contribution >= 0.6 is 0 Å². The second kappa shape index (κ2) is 16.5. The summed E-state index contributed by atoms with van der Waals surface area (Å²) < 4.78 is 31.1. The summed E-state index contributed by atoms with van der Waals surface area (Å²) in [5.41, 5.74) is 1.29. The van der Waals surface area contributed by atoms with Gasteiger partial charge in [0.25, 0.3) is 0 Å². The first-order chi connectivity index (χ1) is 29.5. The lowest BCUT2D eigenvalue weighted by molar-refractivity contribution is 0.0425. The van der Waals surface area contributed by atoms with Gasteiger partial charge in [-0.2, -0.15) is 0 Å². The molecule has 2 aliphatic rings. The standard InChI is InChI=1S/C47H24O14/c48-40(57-32-16-10-27(11-17-32)7-6-26-4-2-1-3-5-26)29-12-8-28(9-13-29)25-56-43(51)38-24-33(58-41(49)30-14-19-34-36(22-30)46(54)60-44(34)52)18-21-39(38)59-42(50)31-15-20-35-37(23-31)47(55)61-45(35)53/h1-5,8-24H,25H2. The van der Waals surface area contributed by atoms with E-state index < -0.39 is 47.8 Å². The van der Waals surface area contributed by atoms with Gasteiger partial charge in [0.15, 0.2) is 0 Å². The van der Waals surface area contributed by atoms with Crippen LogP contribution in [0.1, 0.15) is 99.6 Å². The maximum absolute atomic E-state index is 13.6. The third kappa shape index (κ3) is 8.52. The highest BCUT2D eigenvalue weighted by Crippen LogP contribution is 2.29. The Balaban J connectivity index is 0.959. The minimum Gasteiger partial charge on any atom is -0.457 e. The Bertz CT molecular complexity index is 2920. The van der Waals surface area contributed by atoms with E-state index in [1.54, 1.807) is 24.3 Å². The summed E-state index contributed by atoms with van der Waals surface area (Å²) in [6.45, 7) is -0.318. The maximum atomic E-state index is 13.6. The predicted octanol–water partition coefficient (Wildman–Crippen LogP) is 6.72. The van der Waals surface area contributed by atoms with Gasteiger partial charge in [0, 0.05) is 11.1 Å². The highest BCUT2D eigenvalue weighted by Gasteiger charge is 2.32. The quantitative estimate of drug-likeness (QED) is 0.0491. The SMILES string of the molecule is O=C(Oc1ccc(C#Cc2ccccc2)cc1)c1ccc(COC(=O)c2cc(OC(=O)c3ccc4c(c3)C(=O)OC4=O)ccc2OC(=O)c2ccc3c(c2)C(=O)OC3=O)cc1. The van der Waals surface area contributed by atoms with Crippen LogP contribution in [0.5, 0.6) is 17.2 Å². The van der Waals surface area contributed by atoms with Crippen LogP contribution in [-0.4, -0.2) is 47.8 Å². The van der Waals surface area contributed by atoms with Crippen LogP contribution in [0.3, 0.4) is 0 Å².